The minimum absolute atomic E-state index is 0. The van der Waals surface area contributed by atoms with E-state index in [1.165, 1.54) is 49.7 Å². The first kappa shape index (κ1) is 26.8. The molecule has 0 bridgehead atoms. The molecule has 1 aromatic rings. The monoisotopic (exact) mass is 442 g/mol. The largest absolute Gasteiger partial charge is 0.469 e. The van der Waals surface area contributed by atoms with Gasteiger partial charge in [-0.1, -0.05) is 63.3 Å². The van der Waals surface area contributed by atoms with Crippen LogP contribution in [0.15, 0.2) is 24.3 Å². The standard InChI is InChI=1S/C22H36NO5P.H3N/c1-2-3-4-5-6-7-12-19-13-8-9-14-20(19)15-10-11-16-22(24)23-17-21(18-23)28-29(25,26)27;/h8-9,13-14,21H,2-7,10-12,15-18H2,1H3,(H2,25,26,27);1H3. The second kappa shape index (κ2) is 13.9. The maximum atomic E-state index is 12.1. The van der Waals surface area contributed by atoms with Crippen molar-refractivity contribution in [3.63, 3.8) is 0 Å². The maximum Gasteiger partial charge on any atom is 0.469 e. The Morgan fingerprint density at radius 2 is 1.53 bits per heavy atom. The van der Waals surface area contributed by atoms with E-state index in [2.05, 4.69) is 35.7 Å². The summed E-state index contributed by atoms with van der Waals surface area (Å²) in [6.45, 7) is 2.78. The average Bonchev–Trinajstić information content (AvgIpc) is 2.64. The highest BCUT2D eigenvalue weighted by molar-refractivity contribution is 7.46. The number of amides is 1. The number of benzene rings is 1. The van der Waals surface area contributed by atoms with Crippen LogP contribution in [0.2, 0.25) is 0 Å². The molecule has 1 aliphatic heterocycles. The first-order valence-electron chi connectivity index (χ1n) is 11.0. The summed E-state index contributed by atoms with van der Waals surface area (Å²) in [7, 11) is -4.46. The van der Waals surface area contributed by atoms with Crippen molar-refractivity contribution in [1.82, 2.24) is 11.1 Å². The summed E-state index contributed by atoms with van der Waals surface area (Å²) in [6.07, 6.45) is 11.7. The molecule has 1 saturated heterocycles. The molecule has 1 amide bonds. The van der Waals surface area contributed by atoms with Gasteiger partial charge in [0.1, 0.15) is 6.10 Å². The number of phosphoric acid groups is 1. The van der Waals surface area contributed by atoms with E-state index in [-0.39, 0.29) is 25.1 Å². The number of hydrogen-bond donors (Lipinski definition) is 3. The molecule has 30 heavy (non-hydrogen) atoms. The van der Waals surface area contributed by atoms with Gasteiger partial charge in [0.15, 0.2) is 0 Å². The van der Waals surface area contributed by atoms with Gasteiger partial charge in [0, 0.05) is 19.5 Å². The van der Waals surface area contributed by atoms with Crippen LogP contribution >= 0.6 is 7.82 Å². The van der Waals surface area contributed by atoms with Gasteiger partial charge in [0.25, 0.3) is 0 Å². The highest BCUT2D eigenvalue weighted by Crippen LogP contribution is 2.39. The Labute approximate surface area is 181 Å². The summed E-state index contributed by atoms with van der Waals surface area (Å²) in [5.74, 6) is 0.0379. The molecule has 5 N–H and O–H groups in total. The van der Waals surface area contributed by atoms with Gasteiger partial charge in [-0.2, -0.15) is 0 Å². The zero-order chi connectivity index (χ0) is 21.1. The highest BCUT2D eigenvalue weighted by atomic mass is 31.2. The third-order valence-electron chi connectivity index (χ3n) is 5.49. The summed E-state index contributed by atoms with van der Waals surface area (Å²) in [4.78, 5) is 31.3. The third-order valence-corrected chi connectivity index (χ3v) is 6.06. The summed E-state index contributed by atoms with van der Waals surface area (Å²) in [5, 5.41) is 0. The fourth-order valence-electron chi connectivity index (χ4n) is 3.79. The molecule has 0 spiro atoms. The topological polar surface area (TPSA) is 122 Å². The fraction of sp³-hybridized carbons (Fsp3) is 0.682. The van der Waals surface area contributed by atoms with Crippen molar-refractivity contribution < 1.29 is 23.7 Å². The smallest absolute Gasteiger partial charge is 0.344 e. The van der Waals surface area contributed by atoms with Crippen molar-refractivity contribution in [2.45, 2.75) is 83.7 Å². The van der Waals surface area contributed by atoms with Crippen LogP contribution in [0.1, 0.15) is 75.8 Å². The number of nitrogens with zero attached hydrogens (tertiary/aromatic N) is 1. The van der Waals surface area contributed by atoms with E-state index in [9.17, 15) is 9.36 Å². The second-order valence-electron chi connectivity index (χ2n) is 8.01. The minimum Gasteiger partial charge on any atom is -0.344 e. The minimum atomic E-state index is -4.46. The zero-order valence-electron chi connectivity index (χ0n) is 18.3. The molecule has 0 atom stereocenters. The van der Waals surface area contributed by atoms with Crippen LogP contribution in [0, 0.1) is 0 Å². The average molecular weight is 443 g/mol. The van der Waals surface area contributed by atoms with E-state index in [0.717, 1.165) is 25.7 Å². The molecule has 1 aliphatic rings. The predicted octanol–water partition coefficient (Wildman–Crippen LogP) is 4.78. The SMILES string of the molecule is CCCCCCCCc1ccccc1CCCCC(=O)N1CC(OP(=O)(O)O)C1.N. The van der Waals surface area contributed by atoms with Gasteiger partial charge in [-0.25, -0.2) is 4.57 Å². The Kier molecular flexibility index (Phi) is 12.5. The van der Waals surface area contributed by atoms with Gasteiger partial charge < -0.3 is 20.8 Å². The summed E-state index contributed by atoms with van der Waals surface area (Å²) >= 11 is 0. The molecule has 0 aromatic heterocycles. The van der Waals surface area contributed by atoms with E-state index < -0.39 is 13.9 Å². The molecule has 2 rings (SSSR count). The Balaban J connectivity index is 0.00000450. The van der Waals surface area contributed by atoms with Crippen molar-refractivity contribution in [1.29, 1.82) is 0 Å². The molecule has 7 nitrogen and oxygen atoms in total. The highest BCUT2D eigenvalue weighted by Gasteiger charge is 2.35. The molecular formula is C22H39N2O5P. The van der Waals surface area contributed by atoms with Gasteiger partial charge in [0.05, 0.1) is 0 Å². The molecule has 0 radical (unpaired) electrons. The first-order chi connectivity index (χ1) is 13.9. The predicted molar refractivity (Wildman–Crippen MR) is 120 cm³/mol. The molecular weight excluding hydrogens is 403 g/mol. The Morgan fingerprint density at radius 3 is 2.10 bits per heavy atom. The Hall–Kier alpha value is -1.24. The number of hydrogen-bond acceptors (Lipinski definition) is 4. The van der Waals surface area contributed by atoms with Crippen LogP contribution < -0.4 is 6.15 Å². The molecule has 172 valence electrons. The molecule has 1 heterocycles. The van der Waals surface area contributed by atoms with Crippen molar-refractivity contribution in [2.75, 3.05) is 13.1 Å². The van der Waals surface area contributed by atoms with E-state index >= 15 is 0 Å². The van der Waals surface area contributed by atoms with Crippen molar-refractivity contribution >= 4 is 13.7 Å². The number of unbranched alkanes of at least 4 members (excludes halogenated alkanes) is 6. The number of phosphoric ester groups is 1. The normalized spacial score (nSPS) is 14.3. The van der Waals surface area contributed by atoms with Crippen LogP contribution in [0.25, 0.3) is 0 Å². The van der Waals surface area contributed by atoms with Crippen molar-refractivity contribution in [3.8, 4) is 0 Å². The molecule has 1 aromatic carbocycles. The molecule has 0 aliphatic carbocycles. The van der Waals surface area contributed by atoms with Gasteiger partial charge in [-0.05, 0) is 43.2 Å². The zero-order valence-corrected chi connectivity index (χ0v) is 19.2. The Morgan fingerprint density at radius 1 is 1.00 bits per heavy atom. The van der Waals surface area contributed by atoms with Crippen LogP contribution in [0.3, 0.4) is 0 Å². The fourth-order valence-corrected chi connectivity index (χ4v) is 4.32. The summed E-state index contributed by atoms with van der Waals surface area (Å²) in [5.41, 5.74) is 2.84. The van der Waals surface area contributed by atoms with Gasteiger partial charge in [-0.3, -0.25) is 9.32 Å². The number of likely N-dealkylation sites (tertiary alicyclic amines) is 1. The van der Waals surface area contributed by atoms with Crippen LogP contribution in [0.4, 0.5) is 0 Å². The van der Waals surface area contributed by atoms with Gasteiger partial charge in [0.2, 0.25) is 5.91 Å². The summed E-state index contributed by atoms with van der Waals surface area (Å²) < 4.78 is 15.4. The van der Waals surface area contributed by atoms with Crippen molar-refractivity contribution in [3.05, 3.63) is 35.4 Å². The van der Waals surface area contributed by atoms with Crippen molar-refractivity contribution in [2.24, 2.45) is 0 Å². The second-order valence-corrected chi connectivity index (χ2v) is 9.20. The quantitative estimate of drug-likeness (QED) is 0.281. The maximum absolute atomic E-state index is 12.1. The van der Waals surface area contributed by atoms with Crippen LogP contribution in [-0.2, 0) is 26.7 Å². The van der Waals surface area contributed by atoms with E-state index in [1.807, 2.05) is 0 Å². The van der Waals surface area contributed by atoms with Crippen LogP contribution in [0.5, 0.6) is 0 Å². The third kappa shape index (κ3) is 10.2. The lowest BCUT2D eigenvalue weighted by molar-refractivity contribution is -0.140. The molecule has 8 heteroatoms. The number of carbonyl (C=O) groups excluding carboxylic acids is 1. The number of carbonyl (C=O) groups is 1. The first-order valence-corrected chi connectivity index (χ1v) is 12.5. The lowest BCUT2D eigenvalue weighted by Crippen LogP contribution is -2.54. The molecule has 0 saturated carbocycles. The molecule has 1 fully saturated rings. The number of rotatable bonds is 14. The van der Waals surface area contributed by atoms with E-state index in [1.54, 1.807) is 4.90 Å². The van der Waals surface area contributed by atoms with E-state index in [4.69, 9.17) is 9.79 Å². The lowest BCUT2D eigenvalue weighted by Gasteiger charge is -2.38. The van der Waals surface area contributed by atoms with Gasteiger partial charge in [-0.15, -0.1) is 0 Å². The van der Waals surface area contributed by atoms with Crippen LogP contribution in [-0.4, -0.2) is 39.8 Å². The number of aryl methyl sites for hydroxylation is 2. The molecule has 0 unspecified atom stereocenters. The van der Waals surface area contributed by atoms with E-state index in [0.29, 0.717) is 6.42 Å². The van der Waals surface area contributed by atoms with Gasteiger partial charge >= 0.3 is 7.82 Å². The Bertz CT molecular complexity index is 673. The lowest BCUT2D eigenvalue weighted by atomic mass is 9.96. The summed E-state index contributed by atoms with van der Waals surface area (Å²) in [6, 6.07) is 8.63.